The summed E-state index contributed by atoms with van der Waals surface area (Å²) in [4.78, 5) is 15.6. The lowest BCUT2D eigenvalue weighted by atomic mass is 10.2. The predicted molar refractivity (Wildman–Crippen MR) is 77.4 cm³/mol. The first-order chi connectivity index (χ1) is 9.72. The van der Waals surface area contributed by atoms with E-state index in [0.717, 1.165) is 5.56 Å². The van der Waals surface area contributed by atoms with E-state index in [1.54, 1.807) is 29.8 Å². The summed E-state index contributed by atoms with van der Waals surface area (Å²) < 4.78 is 10.5. The molecule has 20 heavy (non-hydrogen) atoms. The zero-order valence-electron chi connectivity index (χ0n) is 10.1. The van der Waals surface area contributed by atoms with Crippen LogP contribution in [0.4, 0.5) is 5.13 Å². The van der Waals surface area contributed by atoms with Gasteiger partial charge in [0, 0.05) is 17.7 Å². The maximum atomic E-state index is 11.7. The number of nitrogens with zero attached hydrogens (tertiary/aromatic N) is 1. The van der Waals surface area contributed by atoms with Crippen LogP contribution in [-0.2, 0) is 4.79 Å². The average Bonchev–Trinajstić information content (AvgIpc) is 3.07. The number of rotatable bonds is 3. The van der Waals surface area contributed by atoms with Gasteiger partial charge in [0.05, 0.1) is 5.02 Å². The van der Waals surface area contributed by atoms with Crippen molar-refractivity contribution >= 4 is 40.1 Å². The number of amides is 1. The highest BCUT2D eigenvalue weighted by molar-refractivity contribution is 7.13. The van der Waals surface area contributed by atoms with E-state index >= 15 is 0 Å². The number of benzene rings is 1. The molecule has 7 heteroatoms. The molecule has 0 unspecified atom stereocenters. The lowest BCUT2D eigenvalue weighted by Crippen LogP contribution is -2.06. The molecule has 1 aliphatic heterocycles. The lowest BCUT2D eigenvalue weighted by molar-refractivity contribution is -0.111. The number of halogens is 1. The number of ether oxygens (including phenoxy) is 2. The molecule has 1 N–H and O–H groups in total. The number of hydrogen-bond acceptors (Lipinski definition) is 5. The zero-order chi connectivity index (χ0) is 13.9. The molecule has 0 saturated carbocycles. The van der Waals surface area contributed by atoms with Crippen molar-refractivity contribution in [3.63, 3.8) is 0 Å². The molecule has 1 aliphatic rings. The van der Waals surface area contributed by atoms with Crippen molar-refractivity contribution in [2.75, 3.05) is 12.1 Å². The first-order valence-corrected chi connectivity index (χ1v) is 6.96. The number of anilines is 1. The molecule has 102 valence electrons. The van der Waals surface area contributed by atoms with Crippen LogP contribution in [0.25, 0.3) is 6.08 Å². The van der Waals surface area contributed by atoms with Crippen LogP contribution in [0.2, 0.25) is 5.02 Å². The predicted octanol–water partition coefficient (Wildman–Crippen LogP) is 3.18. The summed E-state index contributed by atoms with van der Waals surface area (Å²) >= 11 is 7.41. The van der Waals surface area contributed by atoms with Crippen LogP contribution in [0.1, 0.15) is 5.56 Å². The molecule has 2 aromatic rings. The molecular formula is C13H9ClN2O3S. The van der Waals surface area contributed by atoms with Crippen LogP contribution in [0.5, 0.6) is 11.5 Å². The van der Waals surface area contributed by atoms with Crippen LogP contribution < -0.4 is 14.8 Å². The molecule has 0 bridgehead atoms. The molecule has 5 nitrogen and oxygen atoms in total. The van der Waals surface area contributed by atoms with Gasteiger partial charge in [-0.2, -0.15) is 0 Å². The van der Waals surface area contributed by atoms with E-state index in [1.165, 1.54) is 17.4 Å². The normalized spacial score (nSPS) is 12.8. The monoisotopic (exact) mass is 308 g/mol. The maximum absolute atomic E-state index is 11.7. The third kappa shape index (κ3) is 2.76. The summed E-state index contributed by atoms with van der Waals surface area (Å²) in [6.45, 7) is 0.159. The molecular weight excluding hydrogens is 300 g/mol. The van der Waals surface area contributed by atoms with E-state index in [-0.39, 0.29) is 12.7 Å². The smallest absolute Gasteiger partial charge is 0.250 e. The third-order valence-corrected chi connectivity index (χ3v) is 3.51. The first kappa shape index (κ1) is 13.0. The highest BCUT2D eigenvalue weighted by Crippen LogP contribution is 2.40. The summed E-state index contributed by atoms with van der Waals surface area (Å²) in [5.41, 5.74) is 0.758. The second-order valence-electron chi connectivity index (χ2n) is 3.90. The van der Waals surface area contributed by atoms with Gasteiger partial charge in [-0.1, -0.05) is 11.6 Å². The minimum Gasteiger partial charge on any atom is -0.454 e. The van der Waals surface area contributed by atoms with E-state index in [4.69, 9.17) is 21.1 Å². The molecule has 0 atom stereocenters. The molecule has 1 aromatic heterocycles. The topological polar surface area (TPSA) is 60.5 Å². The molecule has 0 spiro atoms. The van der Waals surface area contributed by atoms with Crippen LogP contribution in [0.15, 0.2) is 29.8 Å². The van der Waals surface area contributed by atoms with Gasteiger partial charge in [0.2, 0.25) is 12.7 Å². The Morgan fingerprint density at radius 2 is 2.35 bits per heavy atom. The Kier molecular flexibility index (Phi) is 3.58. The summed E-state index contributed by atoms with van der Waals surface area (Å²) in [6.07, 6.45) is 4.69. The van der Waals surface area contributed by atoms with Crippen molar-refractivity contribution in [3.8, 4) is 11.5 Å². The summed E-state index contributed by atoms with van der Waals surface area (Å²) in [5.74, 6) is 0.863. The fourth-order valence-electron chi connectivity index (χ4n) is 1.69. The highest BCUT2D eigenvalue weighted by atomic mass is 35.5. The van der Waals surface area contributed by atoms with Gasteiger partial charge in [-0.3, -0.25) is 10.1 Å². The molecule has 0 fully saturated rings. The number of nitrogens with one attached hydrogen (secondary N) is 1. The SMILES string of the molecule is O=C(C=Cc1cc(Cl)c2c(c1)OCO2)Nc1nccs1. The molecule has 0 radical (unpaired) electrons. The van der Waals surface area contributed by atoms with E-state index < -0.39 is 0 Å². The van der Waals surface area contributed by atoms with Gasteiger partial charge in [-0.05, 0) is 23.8 Å². The quantitative estimate of drug-likeness (QED) is 0.885. The molecule has 0 aliphatic carbocycles. The molecule has 1 amide bonds. The molecule has 2 heterocycles. The van der Waals surface area contributed by atoms with E-state index in [9.17, 15) is 4.79 Å². The number of carbonyl (C=O) groups is 1. The summed E-state index contributed by atoms with van der Waals surface area (Å²) in [6, 6.07) is 3.48. The average molecular weight is 309 g/mol. The fourth-order valence-corrected chi connectivity index (χ4v) is 2.49. The minimum absolute atomic E-state index is 0.159. The van der Waals surface area contributed by atoms with E-state index in [2.05, 4.69) is 10.3 Å². The van der Waals surface area contributed by atoms with Crippen molar-refractivity contribution in [2.45, 2.75) is 0 Å². The summed E-state index contributed by atoms with van der Waals surface area (Å²) in [5, 5.41) is 5.46. The van der Waals surface area contributed by atoms with Gasteiger partial charge in [0.25, 0.3) is 0 Å². The van der Waals surface area contributed by atoms with Crippen molar-refractivity contribution in [2.24, 2.45) is 0 Å². The van der Waals surface area contributed by atoms with Gasteiger partial charge < -0.3 is 9.47 Å². The van der Waals surface area contributed by atoms with Crippen molar-refractivity contribution in [1.29, 1.82) is 0 Å². The van der Waals surface area contributed by atoms with Crippen LogP contribution in [-0.4, -0.2) is 17.7 Å². The minimum atomic E-state index is -0.256. The second kappa shape index (κ2) is 5.52. The Balaban J connectivity index is 1.73. The number of thiazole rings is 1. The van der Waals surface area contributed by atoms with Gasteiger partial charge in [0.1, 0.15) is 0 Å². The van der Waals surface area contributed by atoms with Crippen LogP contribution in [0, 0.1) is 0 Å². The van der Waals surface area contributed by atoms with E-state index in [0.29, 0.717) is 21.7 Å². The van der Waals surface area contributed by atoms with Gasteiger partial charge in [-0.25, -0.2) is 4.98 Å². The standard InChI is InChI=1S/C13H9ClN2O3S/c14-9-5-8(6-10-12(9)19-7-18-10)1-2-11(17)16-13-15-3-4-20-13/h1-6H,7H2,(H,15,16,17). The Hall–Kier alpha value is -2.05. The first-order valence-electron chi connectivity index (χ1n) is 5.70. The zero-order valence-corrected chi connectivity index (χ0v) is 11.7. The second-order valence-corrected chi connectivity index (χ2v) is 5.20. The largest absolute Gasteiger partial charge is 0.454 e. The number of carbonyl (C=O) groups excluding carboxylic acids is 1. The van der Waals surface area contributed by atoms with Gasteiger partial charge in [-0.15, -0.1) is 11.3 Å². The van der Waals surface area contributed by atoms with Crippen LogP contribution in [0.3, 0.4) is 0 Å². The Labute approximate surface area is 123 Å². The van der Waals surface area contributed by atoms with Gasteiger partial charge >= 0.3 is 0 Å². The van der Waals surface area contributed by atoms with Crippen molar-refractivity contribution < 1.29 is 14.3 Å². The van der Waals surface area contributed by atoms with Crippen molar-refractivity contribution in [1.82, 2.24) is 4.98 Å². The number of hydrogen-bond donors (Lipinski definition) is 1. The lowest BCUT2D eigenvalue weighted by Gasteiger charge is -2.01. The Bertz CT molecular complexity index is 671. The van der Waals surface area contributed by atoms with Crippen molar-refractivity contribution in [3.05, 3.63) is 40.4 Å². The number of fused-ring (bicyclic) bond motifs is 1. The fraction of sp³-hybridized carbons (Fsp3) is 0.0769. The third-order valence-electron chi connectivity index (χ3n) is 2.54. The summed E-state index contributed by atoms with van der Waals surface area (Å²) in [7, 11) is 0. The highest BCUT2D eigenvalue weighted by Gasteiger charge is 2.17. The maximum Gasteiger partial charge on any atom is 0.250 e. The number of aromatic nitrogens is 1. The van der Waals surface area contributed by atoms with Crippen LogP contribution >= 0.6 is 22.9 Å². The Morgan fingerprint density at radius 3 is 3.15 bits per heavy atom. The van der Waals surface area contributed by atoms with E-state index in [1.807, 2.05) is 0 Å². The molecule has 1 aromatic carbocycles. The van der Waals surface area contributed by atoms with Gasteiger partial charge in [0.15, 0.2) is 16.6 Å². The molecule has 3 rings (SSSR count). The Morgan fingerprint density at radius 1 is 1.45 bits per heavy atom. The molecule has 0 saturated heterocycles.